The summed E-state index contributed by atoms with van der Waals surface area (Å²) in [6, 6.07) is 0. The molecule has 12 bridgehead atoms. The Labute approximate surface area is 277 Å². The van der Waals surface area contributed by atoms with Crippen molar-refractivity contribution < 1.29 is 19.1 Å². The fourth-order valence-corrected chi connectivity index (χ4v) is 17.3. The normalized spacial score (nSPS) is 58.1. The summed E-state index contributed by atoms with van der Waals surface area (Å²) in [7, 11) is 0. The van der Waals surface area contributed by atoms with E-state index < -0.39 is 0 Å². The topological polar surface area (TPSA) is 52.6 Å². The quantitative estimate of drug-likeness (QED) is 0.209. The highest BCUT2D eigenvalue weighted by atomic mass is 16.6. The second kappa shape index (κ2) is 9.77. The van der Waals surface area contributed by atoms with E-state index in [9.17, 15) is 9.59 Å². The van der Waals surface area contributed by atoms with Gasteiger partial charge in [0.15, 0.2) is 0 Å². The minimum atomic E-state index is -0.250. The molecule has 250 valence electrons. The van der Waals surface area contributed by atoms with Crippen LogP contribution in [0.1, 0.15) is 117 Å². The smallest absolute Gasteiger partial charge is 0.333 e. The number of esters is 2. The van der Waals surface area contributed by atoms with Crippen LogP contribution in [0.2, 0.25) is 0 Å². The molecule has 46 heavy (non-hydrogen) atoms. The van der Waals surface area contributed by atoms with Gasteiger partial charge in [-0.3, -0.25) is 0 Å². The highest BCUT2D eigenvalue weighted by Crippen LogP contribution is 2.76. The van der Waals surface area contributed by atoms with Gasteiger partial charge in [0, 0.05) is 35.3 Å². The molecule has 0 heterocycles. The maximum Gasteiger partial charge on any atom is 0.333 e. The molecule has 10 atom stereocenters. The highest BCUT2D eigenvalue weighted by Gasteiger charge is 2.73. The first kappa shape index (κ1) is 29.3. The molecule has 0 N–H and O–H groups in total. The van der Waals surface area contributed by atoms with Crippen LogP contribution >= 0.6 is 0 Å². The molecule has 12 rings (SSSR count). The van der Waals surface area contributed by atoms with Crippen LogP contribution < -0.4 is 0 Å². The van der Waals surface area contributed by atoms with Crippen LogP contribution in [0.5, 0.6) is 0 Å². The van der Waals surface area contributed by atoms with E-state index in [-0.39, 0.29) is 23.1 Å². The van der Waals surface area contributed by atoms with Gasteiger partial charge in [-0.05, 0) is 180 Å². The minimum Gasteiger partial charge on any atom is -0.455 e. The standard InChI is InChI=1S/C42H58O4/c1-5-38(43)45-41(31-8-24-7-25(10-31)11-32(41)9-24)37-18-29-15-30(37)17-35(29)40-19-26-12-33(20-40)42(34(13-26)21-40,46-39(44)22(2)3)36-16-27-14-28(36)6-23(27)4/h5,23-37H,1-2,6-21H2,3-4H3. The van der Waals surface area contributed by atoms with Gasteiger partial charge in [-0.1, -0.05) is 20.1 Å². The molecule has 4 heteroatoms. The third-order valence-electron chi connectivity index (χ3n) is 18.0. The molecule has 12 fully saturated rings. The lowest BCUT2D eigenvalue weighted by Gasteiger charge is -2.69. The highest BCUT2D eigenvalue weighted by molar-refractivity contribution is 5.87. The number of ether oxygens (including phenoxy) is 2. The fraction of sp³-hybridized carbons (Fsp3) is 0.857. The Bertz CT molecular complexity index is 1310. The van der Waals surface area contributed by atoms with Crippen LogP contribution in [0.3, 0.4) is 0 Å². The second-order valence-corrected chi connectivity index (χ2v) is 19.8. The molecular formula is C42H58O4. The average Bonchev–Trinajstić information content (AvgIpc) is 3.81. The molecule has 0 spiro atoms. The Kier molecular flexibility index (Phi) is 6.23. The number of carbonyl (C=O) groups is 2. The number of hydrogen-bond donors (Lipinski definition) is 0. The van der Waals surface area contributed by atoms with E-state index in [1.165, 1.54) is 109 Å². The average molecular weight is 627 g/mol. The fourth-order valence-electron chi connectivity index (χ4n) is 17.3. The molecular weight excluding hydrogens is 568 g/mol. The van der Waals surface area contributed by atoms with Gasteiger partial charge < -0.3 is 9.47 Å². The van der Waals surface area contributed by atoms with Crippen LogP contribution in [0, 0.1) is 94.2 Å². The van der Waals surface area contributed by atoms with Crippen molar-refractivity contribution in [3.05, 3.63) is 24.8 Å². The molecule has 0 aromatic rings. The molecule has 12 aliphatic rings. The monoisotopic (exact) mass is 626 g/mol. The van der Waals surface area contributed by atoms with Crippen molar-refractivity contribution in [2.75, 3.05) is 0 Å². The minimum absolute atomic E-state index is 0.116. The number of hydrogen-bond acceptors (Lipinski definition) is 4. The van der Waals surface area contributed by atoms with Gasteiger partial charge in [0.25, 0.3) is 0 Å². The van der Waals surface area contributed by atoms with Crippen molar-refractivity contribution in [1.82, 2.24) is 0 Å². The number of fused-ring (bicyclic) bond motifs is 4. The van der Waals surface area contributed by atoms with E-state index in [1.807, 2.05) is 6.92 Å². The van der Waals surface area contributed by atoms with Gasteiger partial charge in [-0.25, -0.2) is 9.59 Å². The van der Waals surface area contributed by atoms with Crippen molar-refractivity contribution in [3.63, 3.8) is 0 Å². The lowest BCUT2D eigenvalue weighted by molar-refractivity contribution is -0.261. The molecule has 0 radical (unpaired) electrons. The SMILES string of the molecule is C=CC(=O)OC1(C2CC3CC2CC3C23CC4CC(C2)C(OC(=O)C(=C)C)(C2CC5CC2CC5C)C(C4)C3)C2CC3CC(C2)CC1C3. The van der Waals surface area contributed by atoms with Crippen molar-refractivity contribution in [1.29, 1.82) is 0 Å². The van der Waals surface area contributed by atoms with E-state index in [4.69, 9.17) is 9.47 Å². The van der Waals surface area contributed by atoms with Crippen LogP contribution in [0.4, 0.5) is 0 Å². The molecule has 0 aromatic heterocycles. The first-order chi connectivity index (χ1) is 22.1. The largest absolute Gasteiger partial charge is 0.455 e. The lowest BCUT2D eigenvalue weighted by atomic mass is 9.38. The van der Waals surface area contributed by atoms with E-state index in [0.29, 0.717) is 52.4 Å². The Balaban J connectivity index is 0.944. The van der Waals surface area contributed by atoms with Gasteiger partial charge in [-0.15, -0.1) is 0 Å². The van der Waals surface area contributed by atoms with Crippen molar-refractivity contribution in [2.24, 2.45) is 94.2 Å². The lowest BCUT2D eigenvalue weighted by Crippen LogP contribution is -2.68. The molecule has 12 saturated carbocycles. The molecule has 10 unspecified atom stereocenters. The summed E-state index contributed by atoms with van der Waals surface area (Å²) < 4.78 is 13.7. The predicted octanol–water partition coefficient (Wildman–Crippen LogP) is 8.94. The zero-order valence-electron chi connectivity index (χ0n) is 28.6. The maximum absolute atomic E-state index is 13.5. The van der Waals surface area contributed by atoms with E-state index in [2.05, 4.69) is 20.1 Å². The summed E-state index contributed by atoms with van der Waals surface area (Å²) in [5, 5.41) is 0. The molecule has 0 amide bonds. The third kappa shape index (κ3) is 3.74. The van der Waals surface area contributed by atoms with Gasteiger partial charge in [0.2, 0.25) is 0 Å². The van der Waals surface area contributed by atoms with Crippen LogP contribution in [0.25, 0.3) is 0 Å². The van der Waals surface area contributed by atoms with Crippen molar-refractivity contribution >= 4 is 11.9 Å². The molecule has 0 aromatic carbocycles. The Hall–Kier alpha value is -1.58. The van der Waals surface area contributed by atoms with E-state index >= 15 is 0 Å². The zero-order chi connectivity index (χ0) is 31.3. The van der Waals surface area contributed by atoms with Crippen molar-refractivity contribution in [2.45, 2.75) is 128 Å². The molecule has 0 saturated heterocycles. The second-order valence-electron chi connectivity index (χ2n) is 19.8. The summed E-state index contributed by atoms with van der Waals surface area (Å²) in [6.45, 7) is 12.2. The van der Waals surface area contributed by atoms with Crippen molar-refractivity contribution in [3.8, 4) is 0 Å². The summed E-state index contributed by atoms with van der Waals surface area (Å²) in [5.74, 6) is 10.3. The van der Waals surface area contributed by atoms with Gasteiger partial charge in [0.05, 0.1) is 0 Å². The van der Waals surface area contributed by atoms with E-state index in [1.54, 1.807) is 0 Å². The molecule has 0 aliphatic heterocycles. The first-order valence-corrected chi connectivity index (χ1v) is 19.9. The van der Waals surface area contributed by atoms with E-state index in [0.717, 1.165) is 47.3 Å². The summed E-state index contributed by atoms with van der Waals surface area (Å²) in [6.07, 6.45) is 22.6. The zero-order valence-corrected chi connectivity index (χ0v) is 28.6. The van der Waals surface area contributed by atoms with Gasteiger partial charge >= 0.3 is 11.9 Å². The number of rotatable bonds is 7. The number of carbonyl (C=O) groups excluding carboxylic acids is 2. The third-order valence-corrected chi connectivity index (χ3v) is 18.0. The van der Waals surface area contributed by atoms with Crippen LogP contribution in [-0.4, -0.2) is 23.1 Å². The van der Waals surface area contributed by atoms with Gasteiger partial charge in [0.1, 0.15) is 11.2 Å². The molecule has 12 aliphatic carbocycles. The predicted molar refractivity (Wildman–Crippen MR) is 177 cm³/mol. The summed E-state index contributed by atoms with van der Waals surface area (Å²) in [5.41, 5.74) is 0.531. The maximum atomic E-state index is 13.5. The Morgan fingerprint density at radius 1 is 0.609 bits per heavy atom. The summed E-state index contributed by atoms with van der Waals surface area (Å²) >= 11 is 0. The Morgan fingerprint density at radius 2 is 1.13 bits per heavy atom. The molecule has 4 nitrogen and oxygen atoms in total. The van der Waals surface area contributed by atoms with Gasteiger partial charge in [-0.2, -0.15) is 0 Å². The van der Waals surface area contributed by atoms with Crippen LogP contribution in [-0.2, 0) is 19.1 Å². The summed E-state index contributed by atoms with van der Waals surface area (Å²) in [4.78, 5) is 26.5. The van der Waals surface area contributed by atoms with Crippen LogP contribution in [0.15, 0.2) is 24.8 Å². The first-order valence-electron chi connectivity index (χ1n) is 19.9. The Morgan fingerprint density at radius 3 is 1.65 bits per heavy atom.